The fourth-order valence-electron chi connectivity index (χ4n) is 3.90. The van der Waals surface area contributed by atoms with Crippen LogP contribution in [0.1, 0.15) is 25.3 Å². The van der Waals surface area contributed by atoms with E-state index in [0.29, 0.717) is 5.54 Å². The fourth-order valence-corrected chi connectivity index (χ4v) is 3.90. The molecule has 1 heterocycles. The SMILES string of the molecule is CC1(C2CC2)CN(Cc2cccc3ccccc23)CCN1. The molecule has 1 N–H and O–H groups in total. The number of fused-ring (bicyclic) bond motifs is 1. The minimum atomic E-state index is 0.336. The topological polar surface area (TPSA) is 15.3 Å². The molecule has 0 bridgehead atoms. The highest BCUT2D eigenvalue weighted by molar-refractivity contribution is 5.85. The quantitative estimate of drug-likeness (QED) is 0.927. The Morgan fingerprint density at radius 1 is 1.14 bits per heavy atom. The van der Waals surface area contributed by atoms with Crippen molar-refractivity contribution in [2.24, 2.45) is 5.92 Å². The van der Waals surface area contributed by atoms with Gasteiger partial charge in [0.2, 0.25) is 0 Å². The summed E-state index contributed by atoms with van der Waals surface area (Å²) in [6.07, 6.45) is 2.82. The summed E-state index contributed by atoms with van der Waals surface area (Å²) >= 11 is 0. The number of hydrogen-bond acceptors (Lipinski definition) is 2. The molecular weight excluding hydrogens is 256 g/mol. The van der Waals surface area contributed by atoms with Gasteiger partial charge in [-0.3, -0.25) is 4.90 Å². The molecule has 0 spiro atoms. The van der Waals surface area contributed by atoms with Gasteiger partial charge in [0.1, 0.15) is 0 Å². The molecule has 2 aromatic rings. The number of rotatable bonds is 3. The van der Waals surface area contributed by atoms with E-state index >= 15 is 0 Å². The van der Waals surface area contributed by atoms with E-state index in [1.165, 1.54) is 35.7 Å². The lowest BCUT2D eigenvalue weighted by Crippen LogP contribution is -2.59. The molecule has 4 rings (SSSR count). The third-order valence-electron chi connectivity index (χ3n) is 5.26. The van der Waals surface area contributed by atoms with Crippen molar-refractivity contribution in [3.63, 3.8) is 0 Å². The van der Waals surface area contributed by atoms with Crippen LogP contribution in [0.25, 0.3) is 10.8 Å². The molecule has 1 aliphatic heterocycles. The van der Waals surface area contributed by atoms with Crippen LogP contribution in [0.5, 0.6) is 0 Å². The summed E-state index contributed by atoms with van der Waals surface area (Å²) < 4.78 is 0. The summed E-state index contributed by atoms with van der Waals surface area (Å²) in [5.41, 5.74) is 1.80. The Labute approximate surface area is 127 Å². The molecule has 0 amide bonds. The number of piperazine rings is 1. The van der Waals surface area contributed by atoms with Crippen LogP contribution in [-0.4, -0.2) is 30.1 Å². The van der Waals surface area contributed by atoms with Gasteiger partial charge in [0, 0.05) is 31.7 Å². The van der Waals surface area contributed by atoms with Gasteiger partial charge in [-0.05, 0) is 42.0 Å². The van der Waals surface area contributed by atoms with Gasteiger partial charge in [-0.1, -0.05) is 42.5 Å². The zero-order valence-corrected chi connectivity index (χ0v) is 12.8. The molecule has 1 aliphatic carbocycles. The first kappa shape index (κ1) is 13.3. The average molecular weight is 280 g/mol. The molecule has 1 saturated carbocycles. The Bertz CT molecular complexity index is 642. The number of hydrogen-bond donors (Lipinski definition) is 1. The zero-order chi connectivity index (χ0) is 14.3. The molecule has 1 unspecified atom stereocenters. The summed E-state index contributed by atoms with van der Waals surface area (Å²) in [6, 6.07) is 15.4. The Balaban J connectivity index is 1.57. The van der Waals surface area contributed by atoms with Crippen LogP contribution in [-0.2, 0) is 6.54 Å². The molecule has 2 nitrogen and oxygen atoms in total. The van der Waals surface area contributed by atoms with Gasteiger partial charge in [-0.25, -0.2) is 0 Å². The van der Waals surface area contributed by atoms with E-state index in [-0.39, 0.29) is 0 Å². The van der Waals surface area contributed by atoms with Gasteiger partial charge in [0.25, 0.3) is 0 Å². The maximum atomic E-state index is 3.77. The predicted octanol–water partition coefficient (Wildman–Crippen LogP) is 3.41. The predicted molar refractivity (Wildman–Crippen MR) is 88.4 cm³/mol. The molecule has 110 valence electrons. The molecule has 2 fully saturated rings. The van der Waals surface area contributed by atoms with Crippen LogP contribution in [0, 0.1) is 5.92 Å². The first-order valence-corrected chi connectivity index (χ1v) is 8.19. The van der Waals surface area contributed by atoms with Crippen molar-refractivity contribution >= 4 is 10.8 Å². The van der Waals surface area contributed by atoms with Crippen molar-refractivity contribution in [2.75, 3.05) is 19.6 Å². The Hall–Kier alpha value is -1.38. The third kappa shape index (κ3) is 2.58. The van der Waals surface area contributed by atoms with Crippen LogP contribution < -0.4 is 5.32 Å². The Morgan fingerprint density at radius 3 is 2.81 bits per heavy atom. The van der Waals surface area contributed by atoms with Crippen molar-refractivity contribution in [3.05, 3.63) is 48.0 Å². The summed E-state index contributed by atoms with van der Waals surface area (Å²) in [6.45, 7) is 6.95. The van der Waals surface area contributed by atoms with E-state index in [4.69, 9.17) is 0 Å². The van der Waals surface area contributed by atoms with Crippen LogP contribution in [0.2, 0.25) is 0 Å². The average Bonchev–Trinajstić information content (AvgIpc) is 3.33. The van der Waals surface area contributed by atoms with E-state index in [9.17, 15) is 0 Å². The van der Waals surface area contributed by atoms with Gasteiger partial charge in [-0.15, -0.1) is 0 Å². The van der Waals surface area contributed by atoms with Crippen molar-refractivity contribution in [1.82, 2.24) is 10.2 Å². The summed E-state index contributed by atoms with van der Waals surface area (Å²) in [4.78, 5) is 2.64. The van der Waals surface area contributed by atoms with Gasteiger partial charge in [0.05, 0.1) is 0 Å². The van der Waals surface area contributed by atoms with Gasteiger partial charge in [-0.2, -0.15) is 0 Å². The van der Waals surface area contributed by atoms with Crippen molar-refractivity contribution in [1.29, 1.82) is 0 Å². The smallest absolute Gasteiger partial charge is 0.0309 e. The minimum Gasteiger partial charge on any atom is -0.309 e. The summed E-state index contributed by atoms with van der Waals surface area (Å²) in [5, 5.41) is 6.53. The number of nitrogens with zero attached hydrogens (tertiary/aromatic N) is 1. The van der Waals surface area contributed by atoms with Crippen LogP contribution >= 0.6 is 0 Å². The zero-order valence-electron chi connectivity index (χ0n) is 12.8. The normalized spacial score (nSPS) is 27.1. The van der Waals surface area contributed by atoms with Crippen molar-refractivity contribution in [3.8, 4) is 0 Å². The maximum Gasteiger partial charge on any atom is 0.0309 e. The highest BCUT2D eigenvalue weighted by atomic mass is 15.2. The molecule has 2 aliphatic rings. The third-order valence-corrected chi connectivity index (χ3v) is 5.26. The van der Waals surface area contributed by atoms with Crippen LogP contribution in [0.15, 0.2) is 42.5 Å². The van der Waals surface area contributed by atoms with Gasteiger partial charge < -0.3 is 5.32 Å². The first-order chi connectivity index (χ1) is 10.2. The molecular formula is C19H24N2. The standard InChI is InChI=1S/C19H24N2/c1-19(17-9-10-17)14-21(12-11-20-19)13-16-7-4-6-15-5-2-3-8-18(15)16/h2-8,17,20H,9-14H2,1H3. The first-order valence-electron chi connectivity index (χ1n) is 8.19. The number of benzene rings is 2. The van der Waals surface area contributed by atoms with E-state index in [2.05, 4.69) is 59.6 Å². The maximum absolute atomic E-state index is 3.77. The molecule has 0 aromatic heterocycles. The van der Waals surface area contributed by atoms with Crippen LogP contribution in [0.3, 0.4) is 0 Å². The van der Waals surface area contributed by atoms with Gasteiger partial charge in [0.15, 0.2) is 0 Å². The van der Waals surface area contributed by atoms with E-state index in [1.54, 1.807) is 0 Å². The molecule has 1 atom stereocenters. The second-order valence-electron chi connectivity index (χ2n) is 6.97. The van der Waals surface area contributed by atoms with Gasteiger partial charge >= 0.3 is 0 Å². The molecule has 2 heteroatoms. The van der Waals surface area contributed by atoms with Crippen molar-refractivity contribution in [2.45, 2.75) is 31.8 Å². The Kier molecular flexibility index (Phi) is 3.24. The Morgan fingerprint density at radius 2 is 1.95 bits per heavy atom. The monoisotopic (exact) mass is 280 g/mol. The molecule has 2 aromatic carbocycles. The summed E-state index contributed by atoms with van der Waals surface area (Å²) in [5.74, 6) is 0.896. The summed E-state index contributed by atoms with van der Waals surface area (Å²) in [7, 11) is 0. The molecule has 0 radical (unpaired) electrons. The van der Waals surface area contributed by atoms with E-state index in [0.717, 1.165) is 25.6 Å². The van der Waals surface area contributed by atoms with Crippen molar-refractivity contribution < 1.29 is 0 Å². The lowest BCUT2D eigenvalue weighted by Gasteiger charge is -2.42. The lowest BCUT2D eigenvalue weighted by atomic mass is 9.92. The highest BCUT2D eigenvalue weighted by Gasteiger charge is 2.43. The molecule has 21 heavy (non-hydrogen) atoms. The van der Waals surface area contributed by atoms with E-state index in [1.807, 2.05) is 0 Å². The number of nitrogens with one attached hydrogen (secondary N) is 1. The lowest BCUT2D eigenvalue weighted by molar-refractivity contribution is 0.122. The highest BCUT2D eigenvalue weighted by Crippen LogP contribution is 2.41. The fraction of sp³-hybridized carbons (Fsp3) is 0.474. The minimum absolute atomic E-state index is 0.336. The second kappa shape index (κ2) is 5.11. The molecule has 1 saturated heterocycles. The van der Waals surface area contributed by atoms with E-state index < -0.39 is 0 Å². The van der Waals surface area contributed by atoms with Crippen LogP contribution in [0.4, 0.5) is 0 Å². The second-order valence-corrected chi connectivity index (χ2v) is 6.97. The largest absolute Gasteiger partial charge is 0.309 e.